The van der Waals surface area contributed by atoms with E-state index >= 15 is 0 Å². The van der Waals surface area contributed by atoms with Crippen LogP contribution in [0.15, 0.2) is 54.6 Å². The first-order chi connectivity index (χ1) is 13.4. The Morgan fingerprint density at radius 1 is 1.07 bits per heavy atom. The van der Waals surface area contributed by atoms with Crippen molar-refractivity contribution in [3.8, 4) is 5.75 Å². The molecule has 2 aliphatic heterocycles. The van der Waals surface area contributed by atoms with Crippen LogP contribution in [0.4, 0.5) is 5.69 Å². The first kappa shape index (κ1) is 18.2. The van der Waals surface area contributed by atoms with Gasteiger partial charge in [0.2, 0.25) is 11.8 Å². The van der Waals surface area contributed by atoms with Gasteiger partial charge in [-0.3, -0.25) is 19.7 Å². The van der Waals surface area contributed by atoms with Gasteiger partial charge in [0.1, 0.15) is 11.3 Å². The van der Waals surface area contributed by atoms with Crippen LogP contribution < -0.4 is 10.2 Å². The number of hydrogen-bond acceptors (Lipinski definition) is 5. The first-order valence-corrected chi connectivity index (χ1v) is 9.14. The fraction of sp³-hybridized carbons (Fsp3) is 0.286. The van der Waals surface area contributed by atoms with Gasteiger partial charge in [0.15, 0.2) is 0 Å². The van der Waals surface area contributed by atoms with Crippen LogP contribution in [0.5, 0.6) is 5.75 Å². The van der Waals surface area contributed by atoms with Crippen LogP contribution in [0.2, 0.25) is 0 Å². The van der Waals surface area contributed by atoms with Crippen molar-refractivity contribution in [1.29, 1.82) is 0 Å². The molecule has 2 amide bonds. The predicted octanol–water partition coefficient (Wildman–Crippen LogP) is 2.08. The van der Waals surface area contributed by atoms with Gasteiger partial charge in [-0.25, -0.2) is 4.90 Å². The largest absolute Gasteiger partial charge is 0.508 e. The van der Waals surface area contributed by atoms with Gasteiger partial charge in [-0.1, -0.05) is 43.3 Å². The number of nitrogens with zero attached hydrogens (tertiary/aromatic N) is 1. The van der Waals surface area contributed by atoms with Crippen molar-refractivity contribution < 1.29 is 24.6 Å². The number of anilines is 1. The molecule has 2 saturated heterocycles. The zero-order valence-electron chi connectivity index (χ0n) is 15.2. The number of aromatic hydroxyl groups is 1. The number of rotatable bonds is 4. The number of amides is 2. The van der Waals surface area contributed by atoms with Crippen LogP contribution in [-0.2, 0) is 14.4 Å². The lowest BCUT2D eigenvalue weighted by molar-refractivity contribution is -0.149. The molecular weight excluding hydrogens is 360 g/mol. The van der Waals surface area contributed by atoms with E-state index in [9.17, 15) is 24.6 Å². The minimum atomic E-state index is -1.59. The molecule has 2 fully saturated rings. The number of nitrogens with one attached hydrogen (secondary N) is 1. The van der Waals surface area contributed by atoms with E-state index in [1.54, 1.807) is 55.5 Å². The molecule has 2 aromatic rings. The number of hydrogen-bond donors (Lipinski definition) is 3. The molecule has 0 unspecified atom stereocenters. The second-order valence-electron chi connectivity index (χ2n) is 7.16. The van der Waals surface area contributed by atoms with Crippen molar-refractivity contribution >= 4 is 23.5 Å². The summed E-state index contributed by atoms with van der Waals surface area (Å²) in [6.07, 6.45) is 0.120. The van der Waals surface area contributed by atoms with Crippen LogP contribution >= 0.6 is 0 Å². The molecule has 0 saturated carbocycles. The van der Waals surface area contributed by atoms with Crippen molar-refractivity contribution in [2.75, 3.05) is 4.90 Å². The Labute approximate surface area is 161 Å². The molecule has 2 aliphatic rings. The SMILES string of the molecule is CC[C@]1(C(=O)O)N[C@H](c2ccccc2O)[C@@H]2C(=O)N(c3ccccc3)C(=O)[C@H]21. The molecule has 0 spiro atoms. The quantitative estimate of drug-likeness (QED) is 0.701. The smallest absolute Gasteiger partial charge is 0.324 e. The normalized spacial score (nSPS) is 29.2. The Morgan fingerprint density at radius 3 is 2.32 bits per heavy atom. The first-order valence-electron chi connectivity index (χ1n) is 9.14. The number of fused-ring (bicyclic) bond motifs is 1. The number of carboxylic acids is 1. The lowest BCUT2D eigenvalue weighted by atomic mass is 9.78. The minimum Gasteiger partial charge on any atom is -0.508 e. The van der Waals surface area contributed by atoms with Crippen LogP contribution in [0.3, 0.4) is 0 Å². The highest BCUT2D eigenvalue weighted by atomic mass is 16.4. The van der Waals surface area contributed by atoms with Crippen molar-refractivity contribution in [3.63, 3.8) is 0 Å². The summed E-state index contributed by atoms with van der Waals surface area (Å²) in [6, 6.07) is 14.2. The standard InChI is InChI=1S/C21H20N2O5/c1-2-21(20(27)28)16-15(17(22-21)13-10-6-7-11-14(13)24)18(25)23(19(16)26)12-8-4-3-5-9-12/h3-11,15-17,22,24H,2H2,1H3,(H,27,28)/t15-,16+,17-,21+/m1/s1. The number of phenolic OH excluding ortho intramolecular Hbond substituents is 1. The van der Waals surface area contributed by atoms with E-state index in [0.717, 1.165) is 4.90 Å². The summed E-state index contributed by atoms with van der Waals surface area (Å²) < 4.78 is 0. The monoisotopic (exact) mass is 380 g/mol. The second kappa shape index (κ2) is 6.45. The number of imide groups is 1. The zero-order chi connectivity index (χ0) is 20.1. The van der Waals surface area contributed by atoms with Gasteiger partial charge in [0.05, 0.1) is 17.5 Å². The third-order valence-electron chi connectivity index (χ3n) is 5.88. The Balaban J connectivity index is 1.88. The van der Waals surface area contributed by atoms with E-state index in [1.807, 2.05) is 0 Å². The van der Waals surface area contributed by atoms with E-state index in [2.05, 4.69) is 5.32 Å². The van der Waals surface area contributed by atoms with Crippen LogP contribution in [0.25, 0.3) is 0 Å². The van der Waals surface area contributed by atoms with Gasteiger partial charge >= 0.3 is 5.97 Å². The molecule has 0 bridgehead atoms. The summed E-state index contributed by atoms with van der Waals surface area (Å²) in [5.41, 5.74) is -0.767. The van der Waals surface area contributed by atoms with Crippen molar-refractivity contribution in [2.24, 2.45) is 11.8 Å². The number of benzene rings is 2. The Bertz CT molecular complexity index is 960. The topological polar surface area (TPSA) is 107 Å². The van der Waals surface area contributed by atoms with Crippen LogP contribution in [0, 0.1) is 11.8 Å². The summed E-state index contributed by atoms with van der Waals surface area (Å²) in [5.74, 6) is -4.20. The highest BCUT2D eigenvalue weighted by Crippen LogP contribution is 2.51. The van der Waals surface area contributed by atoms with Gasteiger partial charge in [0, 0.05) is 11.6 Å². The average Bonchev–Trinajstić information content (AvgIpc) is 3.17. The molecule has 4 atom stereocenters. The number of carbonyl (C=O) groups excluding carboxylic acids is 2. The molecule has 4 rings (SSSR count). The number of para-hydroxylation sites is 2. The van der Waals surface area contributed by atoms with Crippen molar-refractivity contribution in [2.45, 2.75) is 24.9 Å². The lowest BCUT2D eigenvalue weighted by Crippen LogP contribution is -2.55. The lowest BCUT2D eigenvalue weighted by Gasteiger charge is -2.30. The number of carboxylic acid groups (broad SMARTS) is 1. The van der Waals surface area contributed by atoms with Gasteiger partial charge < -0.3 is 10.2 Å². The number of carbonyl (C=O) groups is 3. The maximum absolute atomic E-state index is 13.3. The zero-order valence-corrected chi connectivity index (χ0v) is 15.2. The van der Waals surface area contributed by atoms with Crippen LogP contribution in [0.1, 0.15) is 24.9 Å². The summed E-state index contributed by atoms with van der Waals surface area (Å²) in [6.45, 7) is 1.67. The molecule has 7 nitrogen and oxygen atoms in total. The number of aliphatic carboxylic acids is 1. The van der Waals surface area contributed by atoms with E-state index in [1.165, 1.54) is 6.07 Å². The Hall–Kier alpha value is -3.19. The predicted molar refractivity (Wildman–Crippen MR) is 101 cm³/mol. The third-order valence-corrected chi connectivity index (χ3v) is 5.88. The second-order valence-corrected chi connectivity index (χ2v) is 7.16. The Morgan fingerprint density at radius 2 is 1.71 bits per heavy atom. The molecule has 0 aromatic heterocycles. The molecule has 3 N–H and O–H groups in total. The minimum absolute atomic E-state index is 0.0468. The maximum Gasteiger partial charge on any atom is 0.324 e. The van der Waals surface area contributed by atoms with Gasteiger partial charge in [-0.2, -0.15) is 0 Å². The summed E-state index contributed by atoms with van der Waals surface area (Å²) in [5, 5.41) is 23.3. The molecule has 2 heterocycles. The average molecular weight is 380 g/mol. The van der Waals surface area contributed by atoms with Gasteiger partial charge in [0.25, 0.3) is 0 Å². The fourth-order valence-corrected chi connectivity index (χ4v) is 4.52. The highest BCUT2D eigenvalue weighted by Gasteiger charge is 2.68. The molecule has 0 aliphatic carbocycles. The van der Waals surface area contributed by atoms with Crippen molar-refractivity contribution in [1.82, 2.24) is 5.32 Å². The molecule has 144 valence electrons. The molecule has 28 heavy (non-hydrogen) atoms. The maximum atomic E-state index is 13.3. The Kier molecular flexibility index (Phi) is 4.19. The third kappa shape index (κ3) is 2.36. The summed E-state index contributed by atoms with van der Waals surface area (Å²) in [7, 11) is 0. The van der Waals surface area contributed by atoms with E-state index in [-0.39, 0.29) is 12.2 Å². The van der Waals surface area contributed by atoms with Gasteiger partial charge in [-0.05, 0) is 24.6 Å². The number of phenols is 1. The van der Waals surface area contributed by atoms with E-state index in [0.29, 0.717) is 11.3 Å². The summed E-state index contributed by atoms with van der Waals surface area (Å²) >= 11 is 0. The molecular formula is C21H20N2O5. The van der Waals surface area contributed by atoms with E-state index < -0.39 is 41.2 Å². The fourth-order valence-electron chi connectivity index (χ4n) is 4.52. The van der Waals surface area contributed by atoms with E-state index in [4.69, 9.17) is 0 Å². The molecule has 7 heteroatoms. The molecule has 0 radical (unpaired) electrons. The van der Waals surface area contributed by atoms with Gasteiger partial charge in [-0.15, -0.1) is 0 Å². The van der Waals surface area contributed by atoms with Crippen molar-refractivity contribution in [3.05, 3.63) is 60.2 Å². The molecule has 2 aromatic carbocycles. The summed E-state index contributed by atoms with van der Waals surface area (Å²) in [4.78, 5) is 39.9. The van der Waals surface area contributed by atoms with Crippen LogP contribution in [-0.4, -0.2) is 33.5 Å². The highest BCUT2D eigenvalue weighted by molar-refractivity contribution is 6.24.